The van der Waals surface area contributed by atoms with Gasteiger partial charge in [-0.3, -0.25) is 4.98 Å². The summed E-state index contributed by atoms with van der Waals surface area (Å²) < 4.78 is 40.8. The van der Waals surface area contributed by atoms with Crippen molar-refractivity contribution in [1.82, 2.24) is 14.6 Å². The number of rotatable bonds is 11. The van der Waals surface area contributed by atoms with E-state index in [1.54, 1.807) is 24.4 Å². The minimum absolute atomic E-state index is 0.00514. The van der Waals surface area contributed by atoms with Crippen molar-refractivity contribution in [1.29, 1.82) is 0 Å². The SMILES string of the molecule is CC(C)CN(C[C@@H](O)[C@H](Cc1ccccc1)NC(=O)O[C@@H]1CC2CCO[C@@H]2C1)S(=O)(=O)c1cccc2cccnc12. The van der Waals surface area contributed by atoms with Crippen molar-refractivity contribution in [3.63, 3.8) is 0 Å². The van der Waals surface area contributed by atoms with Crippen molar-refractivity contribution < 1.29 is 27.8 Å². The number of para-hydroxylation sites is 1. The minimum Gasteiger partial charge on any atom is -0.446 e. The number of amides is 1. The summed E-state index contributed by atoms with van der Waals surface area (Å²) in [6, 6.07) is 17.3. The number of aromatic nitrogens is 1. The van der Waals surface area contributed by atoms with E-state index in [0.29, 0.717) is 29.7 Å². The number of carbonyl (C=O) groups excluding carboxylic acids is 1. The van der Waals surface area contributed by atoms with E-state index < -0.39 is 28.3 Å². The Labute approximate surface area is 241 Å². The predicted molar refractivity (Wildman–Crippen MR) is 156 cm³/mol. The van der Waals surface area contributed by atoms with Crippen molar-refractivity contribution in [2.24, 2.45) is 11.8 Å². The van der Waals surface area contributed by atoms with E-state index in [0.717, 1.165) is 25.0 Å². The quantitative estimate of drug-likeness (QED) is 0.349. The molecule has 10 heteroatoms. The summed E-state index contributed by atoms with van der Waals surface area (Å²) in [5.41, 5.74) is 1.28. The monoisotopic (exact) mass is 581 g/mol. The molecule has 2 N–H and O–H groups in total. The van der Waals surface area contributed by atoms with Gasteiger partial charge in [-0.25, -0.2) is 13.2 Å². The van der Waals surface area contributed by atoms with Gasteiger partial charge in [0.25, 0.3) is 0 Å². The molecular formula is C31H39N3O6S. The van der Waals surface area contributed by atoms with Crippen LogP contribution in [0.2, 0.25) is 0 Å². The van der Waals surface area contributed by atoms with E-state index in [1.165, 1.54) is 4.31 Å². The molecule has 41 heavy (non-hydrogen) atoms. The van der Waals surface area contributed by atoms with Gasteiger partial charge in [0.05, 0.1) is 23.8 Å². The van der Waals surface area contributed by atoms with Crippen LogP contribution in [0.4, 0.5) is 4.79 Å². The number of nitrogens with one attached hydrogen (secondary N) is 1. The molecule has 1 unspecified atom stereocenters. The highest BCUT2D eigenvalue weighted by Crippen LogP contribution is 2.37. The lowest BCUT2D eigenvalue weighted by molar-refractivity contribution is 0.0554. The highest BCUT2D eigenvalue weighted by molar-refractivity contribution is 7.89. The van der Waals surface area contributed by atoms with E-state index >= 15 is 0 Å². The van der Waals surface area contributed by atoms with Crippen LogP contribution >= 0.6 is 0 Å². The molecule has 0 spiro atoms. The lowest BCUT2D eigenvalue weighted by Gasteiger charge is -2.31. The van der Waals surface area contributed by atoms with Crippen LogP contribution in [-0.4, -0.2) is 73.0 Å². The van der Waals surface area contributed by atoms with Crippen molar-refractivity contribution in [2.75, 3.05) is 19.7 Å². The average Bonchev–Trinajstić information content (AvgIpc) is 3.54. The maximum Gasteiger partial charge on any atom is 0.407 e. The molecule has 2 aliphatic rings. The van der Waals surface area contributed by atoms with E-state index in [9.17, 15) is 18.3 Å². The first-order valence-corrected chi connectivity index (χ1v) is 15.8. The van der Waals surface area contributed by atoms with Crippen LogP contribution in [0.1, 0.15) is 38.7 Å². The van der Waals surface area contributed by atoms with Gasteiger partial charge in [-0.2, -0.15) is 4.31 Å². The fraction of sp³-hybridized carbons (Fsp3) is 0.484. The second kappa shape index (κ2) is 12.9. The van der Waals surface area contributed by atoms with Crippen molar-refractivity contribution in [3.8, 4) is 0 Å². The normalized spacial score (nSPS) is 22.1. The van der Waals surface area contributed by atoms with Crippen LogP contribution in [-0.2, 0) is 25.9 Å². The van der Waals surface area contributed by atoms with E-state index in [4.69, 9.17) is 9.47 Å². The number of carbonyl (C=O) groups is 1. The summed E-state index contributed by atoms with van der Waals surface area (Å²) in [5.74, 6) is 0.409. The number of aliphatic hydroxyl groups excluding tert-OH is 1. The molecule has 1 amide bonds. The maximum atomic E-state index is 14.0. The third-order valence-electron chi connectivity index (χ3n) is 7.92. The van der Waals surface area contributed by atoms with Crippen LogP contribution in [0, 0.1) is 11.8 Å². The number of hydrogen-bond acceptors (Lipinski definition) is 7. The molecular weight excluding hydrogens is 542 g/mol. The molecule has 5 rings (SSSR count). The Kier molecular flexibility index (Phi) is 9.23. The van der Waals surface area contributed by atoms with Gasteiger partial charge in [-0.1, -0.05) is 62.4 Å². The predicted octanol–water partition coefficient (Wildman–Crippen LogP) is 4.15. The number of ether oxygens (including phenoxy) is 2. The standard InChI is InChI=1S/C31H39N3O6S/c1-21(2)19-34(41(37,38)29-12-6-10-23-11-7-14-32-30(23)29)20-27(35)26(16-22-8-4-3-5-9-22)33-31(36)40-25-17-24-13-15-39-28(24)18-25/h3-12,14,21,24-28,35H,13,15-20H2,1-2H3,(H,33,36)/t24?,25-,26+,27-,28-/m1/s1. The third-order valence-corrected chi connectivity index (χ3v) is 9.78. The second-order valence-corrected chi connectivity index (χ2v) is 13.4. The number of fused-ring (bicyclic) bond motifs is 2. The highest BCUT2D eigenvalue weighted by Gasteiger charge is 2.40. The molecule has 3 aromatic rings. The molecule has 220 valence electrons. The average molecular weight is 582 g/mol. The minimum atomic E-state index is -4.03. The molecule has 0 radical (unpaired) electrons. The maximum absolute atomic E-state index is 14.0. The fourth-order valence-corrected chi connectivity index (χ4v) is 7.72. The van der Waals surface area contributed by atoms with Crippen molar-refractivity contribution in [2.45, 2.75) is 68.8 Å². The first-order valence-electron chi connectivity index (χ1n) is 14.4. The number of hydrogen-bond donors (Lipinski definition) is 2. The molecule has 1 saturated carbocycles. The molecule has 1 aliphatic heterocycles. The number of aliphatic hydroxyl groups is 1. The molecule has 2 fully saturated rings. The fourth-order valence-electron chi connectivity index (χ4n) is 5.94. The number of sulfonamides is 1. The van der Waals surface area contributed by atoms with E-state index in [2.05, 4.69) is 10.3 Å². The summed E-state index contributed by atoms with van der Waals surface area (Å²) >= 11 is 0. The van der Waals surface area contributed by atoms with Gasteiger partial charge in [-0.15, -0.1) is 0 Å². The van der Waals surface area contributed by atoms with Gasteiger partial charge in [0.2, 0.25) is 10.0 Å². The molecule has 1 aliphatic carbocycles. The summed E-state index contributed by atoms with van der Waals surface area (Å²) in [6.07, 6.45) is 2.37. The highest BCUT2D eigenvalue weighted by atomic mass is 32.2. The second-order valence-electron chi connectivity index (χ2n) is 11.5. The Morgan fingerprint density at radius 3 is 2.63 bits per heavy atom. The first kappa shape index (κ1) is 29.4. The molecule has 1 saturated heterocycles. The van der Waals surface area contributed by atoms with Gasteiger partial charge >= 0.3 is 6.09 Å². The Bertz CT molecular complexity index is 1420. The number of pyridine rings is 1. The molecule has 0 bridgehead atoms. The molecule has 5 atom stereocenters. The molecule has 9 nitrogen and oxygen atoms in total. The zero-order valence-corrected chi connectivity index (χ0v) is 24.4. The van der Waals surface area contributed by atoms with Gasteiger partial charge in [0.15, 0.2) is 0 Å². The smallest absolute Gasteiger partial charge is 0.407 e. The number of alkyl carbamates (subject to hydrolysis) is 1. The Morgan fingerprint density at radius 1 is 1.10 bits per heavy atom. The Hall–Kier alpha value is -3.05. The van der Waals surface area contributed by atoms with Gasteiger partial charge < -0.3 is 19.9 Å². The lowest BCUT2D eigenvalue weighted by atomic mass is 10.0. The number of nitrogens with zero attached hydrogens (tertiary/aromatic N) is 2. The molecule has 2 heterocycles. The summed E-state index contributed by atoms with van der Waals surface area (Å²) in [6.45, 7) is 4.59. The van der Waals surface area contributed by atoms with Crippen molar-refractivity contribution >= 4 is 27.0 Å². The summed E-state index contributed by atoms with van der Waals surface area (Å²) in [4.78, 5) is 17.5. The van der Waals surface area contributed by atoms with Crippen LogP contribution in [0.3, 0.4) is 0 Å². The zero-order chi connectivity index (χ0) is 29.0. The third kappa shape index (κ3) is 7.06. The van der Waals surface area contributed by atoms with Crippen LogP contribution < -0.4 is 5.32 Å². The van der Waals surface area contributed by atoms with Crippen LogP contribution in [0.15, 0.2) is 71.8 Å². The first-order chi connectivity index (χ1) is 19.7. The molecule has 1 aromatic heterocycles. The zero-order valence-electron chi connectivity index (χ0n) is 23.6. The van der Waals surface area contributed by atoms with Gasteiger partial charge in [0.1, 0.15) is 11.0 Å². The van der Waals surface area contributed by atoms with Crippen LogP contribution in [0.5, 0.6) is 0 Å². The Morgan fingerprint density at radius 2 is 1.88 bits per heavy atom. The number of benzene rings is 2. The molecule has 2 aromatic carbocycles. The van der Waals surface area contributed by atoms with E-state index in [1.807, 2.05) is 56.3 Å². The van der Waals surface area contributed by atoms with Gasteiger partial charge in [0, 0.05) is 37.7 Å². The topological polar surface area (TPSA) is 118 Å². The van der Waals surface area contributed by atoms with Crippen LogP contribution in [0.25, 0.3) is 10.9 Å². The summed E-state index contributed by atoms with van der Waals surface area (Å²) in [7, 11) is -4.03. The summed E-state index contributed by atoms with van der Waals surface area (Å²) in [5, 5.41) is 15.1. The van der Waals surface area contributed by atoms with Crippen molar-refractivity contribution in [3.05, 3.63) is 72.4 Å². The Balaban J connectivity index is 1.36. The van der Waals surface area contributed by atoms with Gasteiger partial charge in [-0.05, 0) is 48.8 Å². The largest absolute Gasteiger partial charge is 0.446 e. The lowest BCUT2D eigenvalue weighted by Crippen LogP contribution is -2.51. The van der Waals surface area contributed by atoms with E-state index in [-0.39, 0.29) is 36.1 Å².